The molecule has 8 heteroatoms. The molecule has 2 aromatic carbocycles. The molecule has 1 amide bonds. The van der Waals surface area contributed by atoms with Gasteiger partial charge in [-0.05, 0) is 25.2 Å². The number of nitrogens with one attached hydrogen (secondary N) is 1. The Labute approximate surface area is 184 Å². The number of hydrogen-bond donors (Lipinski definition) is 1. The highest BCUT2D eigenvalue weighted by Gasteiger charge is 2.21. The Hall–Kier alpha value is -3.36. The van der Waals surface area contributed by atoms with E-state index in [-0.39, 0.29) is 5.91 Å². The maximum atomic E-state index is 12.9. The maximum absolute atomic E-state index is 12.9. The molecule has 1 aliphatic rings. The van der Waals surface area contributed by atoms with Gasteiger partial charge in [-0.1, -0.05) is 41.7 Å². The Kier molecular flexibility index (Phi) is 5.31. The number of hydrogen-bond acceptors (Lipinski definition) is 7. The average molecular weight is 431 g/mol. The smallest absolute Gasteiger partial charge is 0.253 e. The Morgan fingerprint density at radius 3 is 2.61 bits per heavy atom. The molecule has 7 nitrogen and oxygen atoms in total. The fraction of sp³-hybridized carbons (Fsp3) is 0.217. The van der Waals surface area contributed by atoms with Gasteiger partial charge in [0, 0.05) is 43.4 Å². The molecule has 1 N–H and O–H groups in total. The van der Waals surface area contributed by atoms with Crippen LogP contribution in [-0.2, 0) is 0 Å². The van der Waals surface area contributed by atoms with Crippen molar-refractivity contribution in [3.8, 4) is 11.3 Å². The summed E-state index contributed by atoms with van der Waals surface area (Å²) in [5, 5.41) is 4.01. The zero-order chi connectivity index (χ0) is 21.2. The first-order valence-electron chi connectivity index (χ1n) is 10.2. The van der Waals surface area contributed by atoms with E-state index in [2.05, 4.69) is 32.2 Å². The summed E-state index contributed by atoms with van der Waals surface area (Å²) in [5.74, 6) is 0.767. The number of likely N-dealkylation sites (N-methyl/N-ethyl adjacent to an activating group) is 1. The van der Waals surface area contributed by atoms with Gasteiger partial charge in [0.1, 0.15) is 12.1 Å². The van der Waals surface area contributed by atoms with Crippen molar-refractivity contribution < 1.29 is 4.79 Å². The molecule has 156 valence electrons. The van der Waals surface area contributed by atoms with E-state index in [4.69, 9.17) is 0 Å². The van der Waals surface area contributed by atoms with Gasteiger partial charge >= 0.3 is 0 Å². The van der Waals surface area contributed by atoms with Crippen LogP contribution < -0.4 is 5.32 Å². The van der Waals surface area contributed by atoms with E-state index < -0.39 is 0 Å². The number of piperazine rings is 1. The summed E-state index contributed by atoms with van der Waals surface area (Å²) in [6.07, 6.45) is 1.55. The largest absolute Gasteiger partial charge is 0.336 e. The summed E-state index contributed by atoms with van der Waals surface area (Å²) >= 11 is 1.51. The Morgan fingerprint density at radius 2 is 1.81 bits per heavy atom. The highest BCUT2D eigenvalue weighted by atomic mass is 32.1. The third-order valence-corrected chi connectivity index (χ3v) is 6.33. The number of fused-ring (bicyclic) bond motifs is 1. The second-order valence-electron chi connectivity index (χ2n) is 7.58. The van der Waals surface area contributed by atoms with Gasteiger partial charge in [0.25, 0.3) is 5.91 Å². The monoisotopic (exact) mass is 430 g/mol. The van der Waals surface area contributed by atoms with Crippen LogP contribution in [0.25, 0.3) is 21.5 Å². The van der Waals surface area contributed by atoms with Crippen molar-refractivity contribution in [2.24, 2.45) is 0 Å². The molecular weight excluding hydrogens is 408 g/mol. The van der Waals surface area contributed by atoms with Crippen LogP contribution in [0.1, 0.15) is 10.4 Å². The van der Waals surface area contributed by atoms with Crippen molar-refractivity contribution in [1.82, 2.24) is 24.8 Å². The summed E-state index contributed by atoms with van der Waals surface area (Å²) in [7, 11) is 2.08. The summed E-state index contributed by atoms with van der Waals surface area (Å²) in [4.78, 5) is 30.4. The molecule has 5 rings (SSSR count). The van der Waals surface area contributed by atoms with Crippen LogP contribution in [0, 0.1) is 0 Å². The van der Waals surface area contributed by atoms with Crippen LogP contribution in [-0.4, -0.2) is 63.9 Å². The van der Waals surface area contributed by atoms with Crippen LogP contribution in [0.2, 0.25) is 0 Å². The predicted molar refractivity (Wildman–Crippen MR) is 124 cm³/mol. The number of amides is 1. The number of carbonyl (C=O) groups is 1. The lowest BCUT2D eigenvalue weighted by Crippen LogP contribution is -2.47. The van der Waals surface area contributed by atoms with Crippen LogP contribution in [0.3, 0.4) is 0 Å². The van der Waals surface area contributed by atoms with Crippen molar-refractivity contribution in [2.75, 3.05) is 38.5 Å². The first kappa shape index (κ1) is 19.6. The molecule has 1 saturated heterocycles. The van der Waals surface area contributed by atoms with E-state index >= 15 is 0 Å². The second-order valence-corrected chi connectivity index (χ2v) is 8.61. The molecule has 1 aliphatic heterocycles. The molecule has 0 bridgehead atoms. The first-order chi connectivity index (χ1) is 15.2. The molecule has 31 heavy (non-hydrogen) atoms. The van der Waals surface area contributed by atoms with E-state index in [1.54, 1.807) is 6.33 Å². The zero-order valence-corrected chi connectivity index (χ0v) is 18.0. The van der Waals surface area contributed by atoms with Crippen LogP contribution in [0.4, 0.5) is 10.9 Å². The number of benzene rings is 2. The van der Waals surface area contributed by atoms with Gasteiger partial charge in [-0.25, -0.2) is 15.0 Å². The molecule has 0 atom stereocenters. The molecule has 1 fully saturated rings. The highest BCUT2D eigenvalue weighted by molar-refractivity contribution is 7.22. The number of rotatable bonds is 4. The minimum atomic E-state index is 0.0845. The van der Waals surface area contributed by atoms with Crippen molar-refractivity contribution in [3.63, 3.8) is 0 Å². The highest BCUT2D eigenvalue weighted by Crippen LogP contribution is 2.29. The van der Waals surface area contributed by atoms with E-state index in [0.29, 0.717) is 11.4 Å². The quantitative estimate of drug-likeness (QED) is 0.530. The first-order valence-corrected chi connectivity index (χ1v) is 11.0. The molecule has 0 saturated carbocycles. The number of nitrogens with zero attached hydrogens (tertiary/aromatic N) is 5. The van der Waals surface area contributed by atoms with Gasteiger partial charge in [0.2, 0.25) is 0 Å². The second kappa shape index (κ2) is 8.41. The molecule has 0 spiro atoms. The molecule has 0 unspecified atom stereocenters. The minimum Gasteiger partial charge on any atom is -0.336 e. The normalized spacial score (nSPS) is 14.7. The lowest BCUT2D eigenvalue weighted by molar-refractivity contribution is 0.0664. The predicted octanol–water partition coefficient (Wildman–Crippen LogP) is 3.88. The zero-order valence-electron chi connectivity index (χ0n) is 17.2. The van der Waals surface area contributed by atoms with Gasteiger partial charge in [-0.3, -0.25) is 4.79 Å². The SMILES string of the molecule is CN1CCN(C(=O)c2ccc3nc(Nc4cc(-c5ccccc5)ncn4)sc3c2)CC1. The molecule has 4 aromatic rings. The summed E-state index contributed by atoms with van der Waals surface area (Å²) in [6.45, 7) is 3.35. The lowest BCUT2D eigenvalue weighted by atomic mass is 10.1. The Morgan fingerprint density at radius 1 is 1.00 bits per heavy atom. The minimum absolute atomic E-state index is 0.0845. The van der Waals surface area contributed by atoms with Crippen molar-refractivity contribution in [2.45, 2.75) is 0 Å². The number of thiazole rings is 1. The summed E-state index contributed by atoms with van der Waals surface area (Å²) in [5.41, 5.74) is 3.45. The van der Waals surface area contributed by atoms with Crippen molar-refractivity contribution in [1.29, 1.82) is 0 Å². The van der Waals surface area contributed by atoms with Crippen LogP contribution in [0.15, 0.2) is 60.9 Å². The van der Waals surface area contributed by atoms with Gasteiger partial charge in [-0.15, -0.1) is 0 Å². The van der Waals surface area contributed by atoms with Crippen molar-refractivity contribution in [3.05, 3.63) is 66.5 Å². The van der Waals surface area contributed by atoms with Gasteiger partial charge in [0.15, 0.2) is 5.13 Å². The summed E-state index contributed by atoms with van der Waals surface area (Å²) in [6, 6.07) is 17.6. The third-order valence-electron chi connectivity index (χ3n) is 5.40. The Bertz CT molecular complexity index is 1220. The molecule has 0 aliphatic carbocycles. The van der Waals surface area contributed by atoms with Gasteiger partial charge in [-0.2, -0.15) is 0 Å². The number of anilines is 2. The molecule has 0 radical (unpaired) electrons. The van der Waals surface area contributed by atoms with Crippen LogP contribution in [0.5, 0.6) is 0 Å². The lowest BCUT2D eigenvalue weighted by Gasteiger charge is -2.32. The third kappa shape index (κ3) is 4.26. The van der Waals surface area contributed by atoms with Gasteiger partial charge < -0.3 is 15.1 Å². The molecule has 2 aromatic heterocycles. The fourth-order valence-corrected chi connectivity index (χ4v) is 4.52. The number of aromatic nitrogens is 3. The number of carbonyl (C=O) groups excluding carboxylic acids is 1. The fourth-order valence-electron chi connectivity index (χ4n) is 3.61. The Balaban J connectivity index is 1.35. The van der Waals surface area contributed by atoms with Crippen LogP contribution >= 0.6 is 11.3 Å². The van der Waals surface area contributed by atoms with E-state index in [1.807, 2.05) is 59.5 Å². The average Bonchev–Trinajstić information content (AvgIpc) is 3.21. The molecular formula is C23H22N6OS. The molecule has 3 heterocycles. The standard InChI is InChI=1S/C23H22N6OS/c1-28-9-11-29(12-10-28)22(30)17-7-8-18-20(13-17)31-23(26-18)27-21-14-19(24-15-25-21)16-5-3-2-4-6-16/h2-8,13-15H,9-12H2,1H3,(H,24,25,26,27). The van der Waals surface area contributed by atoms with Crippen molar-refractivity contribution >= 4 is 38.4 Å². The maximum Gasteiger partial charge on any atom is 0.253 e. The van der Waals surface area contributed by atoms with E-state index in [0.717, 1.165) is 52.8 Å². The van der Waals surface area contributed by atoms with E-state index in [1.165, 1.54) is 11.3 Å². The van der Waals surface area contributed by atoms with E-state index in [9.17, 15) is 4.79 Å². The van der Waals surface area contributed by atoms with Gasteiger partial charge in [0.05, 0.1) is 15.9 Å². The summed E-state index contributed by atoms with van der Waals surface area (Å²) < 4.78 is 0.972. The topological polar surface area (TPSA) is 74.2 Å².